The van der Waals surface area contributed by atoms with E-state index >= 15 is 0 Å². The van der Waals surface area contributed by atoms with Crippen molar-refractivity contribution in [2.75, 3.05) is 12.8 Å². The van der Waals surface area contributed by atoms with Crippen molar-refractivity contribution < 1.29 is 4.74 Å². The molecule has 0 aromatic carbocycles. The fourth-order valence-electron chi connectivity index (χ4n) is 2.40. The second-order valence-electron chi connectivity index (χ2n) is 4.35. The SMILES string of the molecule is CO[C@H]1CCC[C@H](n2cccc(N)c2=O)C1. The summed E-state index contributed by atoms with van der Waals surface area (Å²) < 4.78 is 7.12. The second-order valence-corrected chi connectivity index (χ2v) is 4.35. The third-order valence-electron chi connectivity index (χ3n) is 3.33. The number of rotatable bonds is 2. The van der Waals surface area contributed by atoms with E-state index in [2.05, 4.69) is 0 Å². The van der Waals surface area contributed by atoms with Crippen molar-refractivity contribution in [3.8, 4) is 0 Å². The lowest BCUT2D eigenvalue weighted by molar-refractivity contribution is 0.0525. The van der Waals surface area contributed by atoms with Crippen molar-refractivity contribution in [1.82, 2.24) is 4.57 Å². The lowest BCUT2D eigenvalue weighted by atomic mass is 9.92. The Labute approximate surface area is 95.0 Å². The van der Waals surface area contributed by atoms with Crippen molar-refractivity contribution >= 4 is 5.69 Å². The molecule has 2 atom stereocenters. The minimum Gasteiger partial charge on any atom is -0.394 e. The van der Waals surface area contributed by atoms with Gasteiger partial charge < -0.3 is 15.0 Å². The maximum absolute atomic E-state index is 11.9. The van der Waals surface area contributed by atoms with E-state index in [4.69, 9.17) is 10.5 Å². The van der Waals surface area contributed by atoms with Crippen molar-refractivity contribution in [3.63, 3.8) is 0 Å². The molecule has 0 unspecified atom stereocenters. The van der Waals surface area contributed by atoms with E-state index in [1.54, 1.807) is 17.7 Å². The highest BCUT2D eigenvalue weighted by atomic mass is 16.5. The second kappa shape index (κ2) is 4.70. The average Bonchev–Trinajstić information content (AvgIpc) is 2.33. The molecule has 0 bridgehead atoms. The predicted molar refractivity (Wildman–Crippen MR) is 63.4 cm³/mol. The van der Waals surface area contributed by atoms with Gasteiger partial charge in [0.2, 0.25) is 0 Å². The highest BCUT2D eigenvalue weighted by Gasteiger charge is 2.23. The van der Waals surface area contributed by atoms with Gasteiger partial charge in [-0.3, -0.25) is 4.79 Å². The number of nitrogen functional groups attached to an aromatic ring is 1. The Hall–Kier alpha value is -1.29. The Balaban J connectivity index is 2.23. The zero-order chi connectivity index (χ0) is 11.5. The van der Waals surface area contributed by atoms with Crippen LogP contribution in [0.2, 0.25) is 0 Å². The molecule has 0 spiro atoms. The molecule has 1 aliphatic carbocycles. The molecule has 88 valence electrons. The lowest BCUT2D eigenvalue weighted by Gasteiger charge is -2.29. The summed E-state index contributed by atoms with van der Waals surface area (Å²) in [7, 11) is 1.73. The molecule has 1 fully saturated rings. The third kappa shape index (κ3) is 2.11. The van der Waals surface area contributed by atoms with Crippen molar-refractivity contribution in [1.29, 1.82) is 0 Å². The number of nitrogens with two attached hydrogens (primary N) is 1. The molecule has 2 rings (SSSR count). The summed E-state index contributed by atoms with van der Waals surface area (Å²) in [5.41, 5.74) is 5.87. The topological polar surface area (TPSA) is 57.2 Å². The van der Waals surface area contributed by atoms with Gasteiger partial charge in [0.05, 0.1) is 11.8 Å². The van der Waals surface area contributed by atoms with E-state index in [0.29, 0.717) is 5.69 Å². The van der Waals surface area contributed by atoms with Crippen LogP contribution >= 0.6 is 0 Å². The van der Waals surface area contributed by atoms with E-state index in [0.717, 1.165) is 25.7 Å². The Morgan fingerprint density at radius 1 is 1.50 bits per heavy atom. The molecule has 1 aliphatic rings. The van der Waals surface area contributed by atoms with Gasteiger partial charge in [0.15, 0.2) is 0 Å². The van der Waals surface area contributed by atoms with Gasteiger partial charge in [-0.25, -0.2) is 0 Å². The Bertz CT molecular complexity index is 414. The molecule has 1 heterocycles. The van der Waals surface area contributed by atoms with Crippen LogP contribution in [0.4, 0.5) is 5.69 Å². The maximum atomic E-state index is 11.9. The first-order valence-electron chi connectivity index (χ1n) is 5.72. The van der Waals surface area contributed by atoms with Gasteiger partial charge >= 0.3 is 0 Å². The summed E-state index contributed by atoms with van der Waals surface area (Å²) in [6.45, 7) is 0. The van der Waals surface area contributed by atoms with Gasteiger partial charge in [-0.15, -0.1) is 0 Å². The van der Waals surface area contributed by atoms with Crippen LogP contribution in [0.5, 0.6) is 0 Å². The number of aromatic nitrogens is 1. The Morgan fingerprint density at radius 2 is 2.31 bits per heavy atom. The van der Waals surface area contributed by atoms with Crippen molar-refractivity contribution in [3.05, 3.63) is 28.7 Å². The number of nitrogens with zero attached hydrogens (tertiary/aromatic N) is 1. The van der Waals surface area contributed by atoms with Gasteiger partial charge in [-0.05, 0) is 37.8 Å². The average molecular weight is 222 g/mol. The minimum atomic E-state index is -0.0794. The first kappa shape index (κ1) is 11.2. The number of pyridine rings is 1. The minimum absolute atomic E-state index is 0.0794. The molecule has 0 radical (unpaired) electrons. The molecule has 2 N–H and O–H groups in total. The molecule has 1 saturated carbocycles. The van der Waals surface area contributed by atoms with Crippen LogP contribution in [0.25, 0.3) is 0 Å². The summed E-state index contributed by atoms with van der Waals surface area (Å²) >= 11 is 0. The van der Waals surface area contributed by atoms with Crippen molar-refractivity contribution in [2.45, 2.75) is 37.8 Å². The molecule has 0 aliphatic heterocycles. The third-order valence-corrected chi connectivity index (χ3v) is 3.33. The fourth-order valence-corrected chi connectivity index (χ4v) is 2.40. The van der Waals surface area contributed by atoms with Crippen LogP contribution in [-0.4, -0.2) is 17.8 Å². The van der Waals surface area contributed by atoms with Gasteiger partial charge in [0.1, 0.15) is 0 Å². The molecule has 4 heteroatoms. The quantitative estimate of drug-likeness (QED) is 0.826. The van der Waals surface area contributed by atoms with Crippen LogP contribution in [0.1, 0.15) is 31.7 Å². The van der Waals surface area contributed by atoms with Crippen LogP contribution in [0.3, 0.4) is 0 Å². The summed E-state index contributed by atoms with van der Waals surface area (Å²) in [5, 5.41) is 0. The number of ether oxygens (including phenoxy) is 1. The van der Waals surface area contributed by atoms with E-state index < -0.39 is 0 Å². The molecule has 16 heavy (non-hydrogen) atoms. The van der Waals surface area contributed by atoms with Crippen LogP contribution in [0, 0.1) is 0 Å². The first-order valence-corrected chi connectivity index (χ1v) is 5.72. The molecular formula is C12H18N2O2. The highest BCUT2D eigenvalue weighted by Crippen LogP contribution is 2.28. The zero-order valence-corrected chi connectivity index (χ0v) is 9.56. The fraction of sp³-hybridized carbons (Fsp3) is 0.583. The normalized spacial score (nSPS) is 25.6. The highest BCUT2D eigenvalue weighted by molar-refractivity contribution is 5.33. The Kier molecular flexibility index (Phi) is 3.29. The van der Waals surface area contributed by atoms with Crippen LogP contribution in [-0.2, 0) is 4.74 Å². The number of hydrogen-bond acceptors (Lipinski definition) is 3. The van der Waals surface area contributed by atoms with E-state index in [1.165, 1.54) is 0 Å². The first-order chi connectivity index (χ1) is 7.72. The van der Waals surface area contributed by atoms with Gasteiger partial charge in [0, 0.05) is 19.3 Å². The largest absolute Gasteiger partial charge is 0.394 e. The van der Waals surface area contributed by atoms with Gasteiger partial charge in [-0.2, -0.15) is 0 Å². The smallest absolute Gasteiger partial charge is 0.273 e. The molecule has 0 amide bonds. The standard InChI is InChI=1S/C12H18N2O2/c1-16-10-5-2-4-9(8-10)14-7-3-6-11(13)12(14)15/h3,6-7,9-10H,2,4-5,8,13H2,1H3/t9-,10-/m0/s1. The number of methoxy groups -OCH3 is 1. The Morgan fingerprint density at radius 3 is 3.06 bits per heavy atom. The summed E-state index contributed by atoms with van der Waals surface area (Å²) in [4.78, 5) is 11.9. The number of anilines is 1. The summed E-state index contributed by atoms with van der Waals surface area (Å²) in [6.07, 6.45) is 6.21. The molecule has 1 aromatic rings. The van der Waals surface area contributed by atoms with E-state index in [9.17, 15) is 4.79 Å². The van der Waals surface area contributed by atoms with Crippen LogP contribution < -0.4 is 11.3 Å². The summed E-state index contributed by atoms with van der Waals surface area (Å²) in [6, 6.07) is 3.71. The lowest BCUT2D eigenvalue weighted by Crippen LogP contribution is -2.31. The predicted octanol–water partition coefficient (Wildman–Crippen LogP) is 1.56. The molecule has 1 aromatic heterocycles. The zero-order valence-electron chi connectivity index (χ0n) is 9.56. The molecule has 0 saturated heterocycles. The molecular weight excluding hydrogens is 204 g/mol. The maximum Gasteiger partial charge on any atom is 0.273 e. The molecule has 4 nitrogen and oxygen atoms in total. The van der Waals surface area contributed by atoms with E-state index in [-0.39, 0.29) is 17.7 Å². The number of hydrogen-bond donors (Lipinski definition) is 1. The van der Waals surface area contributed by atoms with Gasteiger partial charge in [-0.1, -0.05) is 0 Å². The van der Waals surface area contributed by atoms with Gasteiger partial charge in [0.25, 0.3) is 5.56 Å². The van der Waals surface area contributed by atoms with E-state index in [1.807, 2.05) is 12.3 Å². The van der Waals surface area contributed by atoms with Crippen LogP contribution in [0.15, 0.2) is 23.1 Å². The monoisotopic (exact) mass is 222 g/mol. The summed E-state index contributed by atoms with van der Waals surface area (Å²) in [5.74, 6) is 0. The van der Waals surface area contributed by atoms with Crippen molar-refractivity contribution in [2.24, 2.45) is 0 Å².